The number of aromatic nitrogens is 1. The third kappa shape index (κ3) is 3.19. The van der Waals surface area contributed by atoms with Gasteiger partial charge in [0.05, 0.1) is 0 Å². The summed E-state index contributed by atoms with van der Waals surface area (Å²) in [4.78, 5) is 6.90. The van der Waals surface area contributed by atoms with Gasteiger partial charge in [-0.3, -0.25) is 0 Å². The second kappa shape index (κ2) is 6.37. The second-order valence-electron chi connectivity index (χ2n) is 5.27. The van der Waals surface area contributed by atoms with E-state index in [2.05, 4.69) is 46.4 Å². The fourth-order valence-electron chi connectivity index (χ4n) is 2.74. The lowest BCUT2D eigenvalue weighted by molar-refractivity contribution is 0.229. The monoisotopic (exact) mass is 287 g/mol. The first-order chi connectivity index (χ1) is 9.85. The largest absolute Gasteiger partial charge is 0.382 e. The van der Waals surface area contributed by atoms with Crippen LogP contribution in [0.2, 0.25) is 0 Å². The average molecular weight is 287 g/mol. The van der Waals surface area contributed by atoms with Crippen LogP contribution in [0.4, 0.5) is 5.69 Å². The summed E-state index contributed by atoms with van der Waals surface area (Å²) in [5.41, 5.74) is 2.42. The molecule has 1 aliphatic heterocycles. The van der Waals surface area contributed by atoms with E-state index in [0.717, 1.165) is 5.01 Å². The Morgan fingerprint density at radius 2 is 2.20 bits per heavy atom. The number of thiazole rings is 1. The smallest absolute Gasteiger partial charge is 0.123 e. The molecule has 0 bridgehead atoms. The summed E-state index contributed by atoms with van der Waals surface area (Å²) in [6.45, 7) is 5.83. The summed E-state index contributed by atoms with van der Waals surface area (Å²) in [5, 5.41) is 6.79. The Labute approximate surface area is 124 Å². The number of nitrogens with zero attached hydrogens (tertiary/aromatic N) is 2. The van der Waals surface area contributed by atoms with Crippen molar-refractivity contribution in [3.63, 3.8) is 0 Å². The van der Waals surface area contributed by atoms with Gasteiger partial charge in [0.25, 0.3) is 0 Å². The lowest BCUT2D eigenvalue weighted by atomic mass is 10.0. The van der Waals surface area contributed by atoms with Gasteiger partial charge in [0.2, 0.25) is 0 Å². The number of nitrogens with one attached hydrogen (secondary N) is 1. The van der Waals surface area contributed by atoms with Gasteiger partial charge in [0, 0.05) is 42.0 Å². The van der Waals surface area contributed by atoms with Gasteiger partial charge in [0.1, 0.15) is 5.01 Å². The first kappa shape index (κ1) is 13.6. The van der Waals surface area contributed by atoms with Crippen LogP contribution in [0.1, 0.15) is 19.8 Å². The molecule has 0 aliphatic carbocycles. The molecule has 3 rings (SSSR count). The van der Waals surface area contributed by atoms with Crippen molar-refractivity contribution in [1.29, 1.82) is 0 Å². The van der Waals surface area contributed by atoms with E-state index in [-0.39, 0.29) is 0 Å². The van der Waals surface area contributed by atoms with Crippen LogP contribution in [0.15, 0.2) is 35.8 Å². The van der Waals surface area contributed by atoms with E-state index >= 15 is 0 Å². The van der Waals surface area contributed by atoms with Crippen molar-refractivity contribution in [2.45, 2.75) is 25.8 Å². The molecular formula is C16H21N3S. The zero-order chi connectivity index (χ0) is 13.8. The minimum Gasteiger partial charge on any atom is -0.382 e. The van der Waals surface area contributed by atoms with E-state index in [0.29, 0.717) is 6.04 Å². The molecule has 0 amide bonds. The number of hydrogen-bond donors (Lipinski definition) is 1. The highest BCUT2D eigenvalue weighted by atomic mass is 32.1. The molecule has 1 aromatic heterocycles. The van der Waals surface area contributed by atoms with Crippen molar-refractivity contribution in [1.82, 2.24) is 9.88 Å². The van der Waals surface area contributed by atoms with E-state index in [1.165, 1.54) is 43.7 Å². The highest BCUT2D eigenvalue weighted by molar-refractivity contribution is 7.13. The van der Waals surface area contributed by atoms with Crippen LogP contribution < -0.4 is 5.32 Å². The van der Waals surface area contributed by atoms with E-state index in [1.54, 1.807) is 11.3 Å². The molecule has 1 saturated heterocycles. The van der Waals surface area contributed by atoms with Gasteiger partial charge in [-0.25, -0.2) is 4.98 Å². The fourth-order valence-corrected chi connectivity index (χ4v) is 3.37. The average Bonchev–Trinajstić information content (AvgIpc) is 3.03. The maximum atomic E-state index is 4.38. The SMILES string of the molecule is CCN1CCC(Nc2cccc(-c3nccs3)c2)CC1. The Balaban J connectivity index is 1.65. The predicted octanol–water partition coefficient (Wildman–Crippen LogP) is 3.71. The number of likely N-dealkylation sites (tertiary alicyclic amines) is 1. The summed E-state index contributed by atoms with van der Waals surface area (Å²) < 4.78 is 0. The van der Waals surface area contributed by atoms with Crippen LogP contribution >= 0.6 is 11.3 Å². The van der Waals surface area contributed by atoms with Crippen molar-refractivity contribution in [3.8, 4) is 10.6 Å². The maximum Gasteiger partial charge on any atom is 0.123 e. The molecule has 0 saturated carbocycles. The van der Waals surface area contributed by atoms with Gasteiger partial charge in [0.15, 0.2) is 0 Å². The first-order valence-corrected chi connectivity index (χ1v) is 8.22. The normalized spacial score (nSPS) is 17.2. The van der Waals surface area contributed by atoms with Crippen LogP contribution in [0, 0.1) is 0 Å². The van der Waals surface area contributed by atoms with Gasteiger partial charge in [-0.2, -0.15) is 0 Å². The summed E-state index contributed by atoms with van der Waals surface area (Å²) in [5.74, 6) is 0. The van der Waals surface area contributed by atoms with E-state index < -0.39 is 0 Å². The van der Waals surface area contributed by atoms with Crippen molar-refractivity contribution in [3.05, 3.63) is 35.8 Å². The predicted molar refractivity (Wildman–Crippen MR) is 86.3 cm³/mol. The van der Waals surface area contributed by atoms with Crippen molar-refractivity contribution >= 4 is 17.0 Å². The van der Waals surface area contributed by atoms with Crippen LogP contribution in [0.3, 0.4) is 0 Å². The summed E-state index contributed by atoms with van der Waals surface area (Å²) in [6, 6.07) is 9.21. The Kier molecular flexibility index (Phi) is 4.33. The molecule has 1 N–H and O–H groups in total. The Morgan fingerprint density at radius 1 is 1.35 bits per heavy atom. The van der Waals surface area contributed by atoms with E-state index in [9.17, 15) is 0 Å². The topological polar surface area (TPSA) is 28.2 Å². The Hall–Kier alpha value is -1.39. The van der Waals surface area contributed by atoms with Crippen molar-refractivity contribution < 1.29 is 0 Å². The lowest BCUT2D eigenvalue weighted by Gasteiger charge is -2.32. The molecular weight excluding hydrogens is 266 g/mol. The minimum atomic E-state index is 0.601. The molecule has 2 aromatic rings. The number of hydrogen-bond acceptors (Lipinski definition) is 4. The number of anilines is 1. The van der Waals surface area contributed by atoms with Gasteiger partial charge >= 0.3 is 0 Å². The number of piperidine rings is 1. The summed E-state index contributed by atoms with van der Waals surface area (Å²) >= 11 is 1.69. The molecule has 1 aromatic carbocycles. The zero-order valence-electron chi connectivity index (χ0n) is 11.9. The molecule has 1 fully saturated rings. The summed E-state index contributed by atoms with van der Waals surface area (Å²) in [6.07, 6.45) is 4.32. The van der Waals surface area contributed by atoms with Gasteiger partial charge < -0.3 is 10.2 Å². The summed E-state index contributed by atoms with van der Waals surface area (Å²) in [7, 11) is 0. The Bertz CT molecular complexity index is 530. The highest BCUT2D eigenvalue weighted by Gasteiger charge is 2.17. The molecule has 3 nitrogen and oxygen atoms in total. The molecule has 1 aliphatic rings. The highest BCUT2D eigenvalue weighted by Crippen LogP contribution is 2.25. The third-order valence-electron chi connectivity index (χ3n) is 3.95. The van der Waals surface area contributed by atoms with Crippen LogP contribution in [0.25, 0.3) is 10.6 Å². The molecule has 0 radical (unpaired) electrons. The molecule has 0 unspecified atom stereocenters. The lowest BCUT2D eigenvalue weighted by Crippen LogP contribution is -2.38. The van der Waals surface area contributed by atoms with Crippen LogP contribution in [-0.4, -0.2) is 35.6 Å². The van der Waals surface area contributed by atoms with Crippen LogP contribution in [-0.2, 0) is 0 Å². The molecule has 0 spiro atoms. The van der Waals surface area contributed by atoms with Crippen molar-refractivity contribution in [2.75, 3.05) is 25.0 Å². The molecule has 4 heteroatoms. The third-order valence-corrected chi connectivity index (χ3v) is 4.77. The minimum absolute atomic E-state index is 0.601. The molecule has 20 heavy (non-hydrogen) atoms. The van der Waals surface area contributed by atoms with Crippen molar-refractivity contribution in [2.24, 2.45) is 0 Å². The van der Waals surface area contributed by atoms with E-state index in [1.807, 2.05) is 11.6 Å². The zero-order valence-corrected chi connectivity index (χ0v) is 12.7. The molecule has 106 valence electrons. The van der Waals surface area contributed by atoms with Gasteiger partial charge in [-0.05, 0) is 31.5 Å². The van der Waals surface area contributed by atoms with E-state index in [4.69, 9.17) is 0 Å². The van der Waals surface area contributed by atoms with Crippen LogP contribution in [0.5, 0.6) is 0 Å². The number of rotatable bonds is 4. The van der Waals surface area contributed by atoms with Gasteiger partial charge in [-0.15, -0.1) is 11.3 Å². The standard InChI is InChI=1S/C16H21N3S/c1-2-19-9-6-14(7-10-19)18-15-5-3-4-13(12-15)16-17-8-11-20-16/h3-5,8,11-12,14,18H,2,6-7,9-10H2,1H3. The number of benzene rings is 1. The fraction of sp³-hybridized carbons (Fsp3) is 0.438. The maximum absolute atomic E-state index is 4.38. The first-order valence-electron chi connectivity index (χ1n) is 7.34. The quantitative estimate of drug-likeness (QED) is 0.929. The van der Waals surface area contributed by atoms with Gasteiger partial charge in [-0.1, -0.05) is 19.1 Å². The molecule has 0 atom stereocenters. The molecule has 2 heterocycles. The Morgan fingerprint density at radius 3 is 2.90 bits per heavy atom. The second-order valence-corrected chi connectivity index (χ2v) is 6.17.